The molecule has 2 amide bonds. The van der Waals surface area contributed by atoms with E-state index in [1.165, 1.54) is 30.9 Å². The molecule has 2 atom stereocenters. The smallest absolute Gasteiger partial charge is 0.358 e. The van der Waals surface area contributed by atoms with E-state index in [0.29, 0.717) is 17.9 Å². The second kappa shape index (κ2) is 12.4. The molecule has 1 saturated heterocycles. The number of β-lactam (4-membered cyclic amide) rings is 1. The molecule has 2 aliphatic rings. The van der Waals surface area contributed by atoms with Crippen molar-refractivity contribution in [1.82, 2.24) is 15.2 Å². The number of hydrogen-bond donors (Lipinski definition) is 2. The molecule has 2 aliphatic heterocycles. The quantitative estimate of drug-likeness (QED) is 0.136. The van der Waals surface area contributed by atoms with Gasteiger partial charge in [-0.2, -0.15) is 0 Å². The van der Waals surface area contributed by atoms with Crippen molar-refractivity contribution in [1.29, 1.82) is 0 Å². The van der Waals surface area contributed by atoms with Crippen LogP contribution < -0.4 is 11.1 Å². The summed E-state index contributed by atoms with van der Waals surface area (Å²) in [5, 5.41) is 7.55. The molecule has 3 N–H and O–H groups in total. The van der Waals surface area contributed by atoms with Crippen LogP contribution in [0, 0.1) is 5.41 Å². The predicted octanol–water partition coefficient (Wildman–Crippen LogP) is 1.02. The lowest BCUT2D eigenvalue weighted by atomic mass is 9.98. The van der Waals surface area contributed by atoms with Gasteiger partial charge in [0.15, 0.2) is 10.8 Å². The molecule has 0 spiro atoms. The Morgan fingerprint density at radius 2 is 2.03 bits per heavy atom. The lowest BCUT2D eigenvalue weighted by Crippen LogP contribution is -2.71. The highest BCUT2D eigenvalue weighted by Gasteiger charge is 2.54. The number of aromatic nitrogens is 1. The number of thiazole rings is 1. The number of nitrogens with zero attached hydrogens (tertiary/aromatic N) is 3. The Morgan fingerprint density at radius 3 is 2.63 bits per heavy atom. The maximum absolute atomic E-state index is 13.2. The highest BCUT2D eigenvalue weighted by atomic mass is 32.2. The summed E-state index contributed by atoms with van der Waals surface area (Å²) in [7, 11) is 2.80. The van der Waals surface area contributed by atoms with Gasteiger partial charge in [0.05, 0.1) is 12.0 Å². The van der Waals surface area contributed by atoms with Crippen LogP contribution in [0.25, 0.3) is 0 Å². The van der Waals surface area contributed by atoms with Crippen molar-refractivity contribution in [3.05, 3.63) is 34.5 Å². The van der Waals surface area contributed by atoms with Crippen molar-refractivity contribution in [3.8, 4) is 0 Å². The SMILES string of the molecule is COC/C=C\C1=C(C(=O)OCOC(=O)C(C)(C)C)N2C(=O)C(NC(=O)/C(=N\OC)c3csc(N)n3)C2SC1. The molecule has 1 fully saturated rings. The number of nitrogens with one attached hydrogen (secondary N) is 1. The molecule has 0 aliphatic carbocycles. The van der Waals surface area contributed by atoms with Crippen molar-refractivity contribution in [3.63, 3.8) is 0 Å². The molecule has 38 heavy (non-hydrogen) atoms. The van der Waals surface area contributed by atoms with Crippen LogP contribution in [0.5, 0.6) is 0 Å². The van der Waals surface area contributed by atoms with Gasteiger partial charge in [-0.3, -0.25) is 19.3 Å². The van der Waals surface area contributed by atoms with E-state index < -0.39 is 47.4 Å². The normalized spacial score (nSPS) is 19.7. The van der Waals surface area contributed by atoms with Crippen molar-refractivity contribution in [2.75, 3.05) is 39.1 Å². The molecule has 0 aromatic carbocycles. The molecule has 1 aromatic heterocycles. The minimum atomic E-state index is -0.948. The number of esters is 2. The van der Waals surface area contributed by atoms with Gasteiger partial charge in [-0.15, -0.1) is 23.1 Å². The zero-order valence-electron chi connectivity index (χ0n) is 21.5. The van der Waals surface area contributed by atoms with E-state index >= 15 is 0 Å². The third kappa shape index (κ3) is 6.52. The lowest BCUT2D eigenvalue weighted by molar-refractivity contribution is -0.173. The highest BCUT2D eigenvalue weighted by molar-refractivity contribution is 8.00. The Labute approximate surface area is 227 Å². The number of methoxy groups -OCH3 is 1. The molecule has 0 saturated carbocycles. The van der Waals surface area contributed by atoms with Crippen LogP contribution in [0.15, 0.2) is 34.0 Å². The minimum absolute atomic E-state index is 0.00136. The van der Waals surface area contributed by atoms with Crippen molar-refractivity contribution in [2.24, 2.45) is 10.6 Å². The molecule has 0 bridgehead atoms. The van der Waals surface area contributed by atoms with Crippen LogP contribution in [0.4, 0.5) is 5.13 Å². The fraction of sp³-hybridized carbons (Fsp3) is 0.478. The van der Waals surface area contributed by atoms with Gasteiger partial charge in [-0.25, -0.2) is 9.78 Å². The van der Waals surface area contributed by atoms with E-state index in [9.17, 15) is 19.2 Å². The zero-order chi connectivity index (χ0) is 28.0. The summed E-state index contributed by atoms with van der Waals surface area (Å²) in [5.41, 5.74) is 5.46. The Bertz CT molecular complexity index is 1190. The first kappa shape index (κ1) is 29.1. The highest BCUT2D eigenvalue weighted by Crippen LogP contribution is 2.41. The standard InChI is InChI=1S/C23H29N5O8S2/c1-23(2,3)21(32)36-11-35-20(31)16-12(7-6-8-33-4)9-37-19-15(18(30)28(16)19)26-17(29)14(27-34-5)13-10-38-22(24)25-13/h6-7,10,15,19H,8-9,11H2,1-5H3,(H2,24,25)(H,26,29)/b7-6-,27-14-. The predicted molar refractivity (Wildman–Crippen MR) is 140 cm³/mol. The van der Waals surface area contributed by atoms with Gasteiger partial charge < -0.3 is 30.1 Å². The van der Waals surface area contributed by atoms with Crippen LogP contribution >= 0.6 is 23.1 Å². The fourth-order valence-corrected chi connectivity index (χ4v) is 5.24. The fourth-order valence-electron chi connectivity index (χ4n) is 3.37. The Kier molecular flexibility index (Phi) is 9.51. The van der Waals surface area contributed by atoms with Crippen molar-refractivity contribution >= 4 is 57.7 Å². The van der Waals surface area contributed by atoms with E-state index in [1.54, 1.807) is 38.3 Å². The van der Waals surface area contributed by atoms with Gasteiger partial charge in [0, 0.05) is 18.2 Å². The number of oxime groups is 1. The summed E-state index contributed by atoms with van der Waals surface area (Å²) in [5.74, 6) is -2.26. The van der Waals surface area contributed by atoms with E-state index in [2.05, 4.69) is 15.5 Å². The Morgan fingerprint density at radius 1 is 1.29 bits per heavy atom. The molecule has 2 unspecified atom stereocenters. The van der Waals surface area contributed by atoms with Crippen LogP contribution in [-0.4, -0.2) is 84.1 Å². The number of nitrogen functional groups attached to an aromatic ring is 1. The molecular weight excluding hydrogens is 538 g/mol. The first-order valence-electron chi connectivity index (χ1n) is 11.3. The number of carbonyl (C=O) groups excluding carboxylic acids is 4. The van der Waals surface area contributed by atoms with Crippen LogP contribution in [0.1, 0.15) is 26.5 Å². The maximum Gasteiger partial charge on any atom is 0.358 e. The average molecular weight is 568 g/mol. The Hall–Kier alpha value is -3.43. The first-order valence-corrected chi connectivity index (χ1v) is 13.2. The summed E-state index contributed by atoms with van der Waals surface area (Å²) in [6.45, 7) is 4.68. The first-order chi connectivity index (χ1) is 18.0. The van der Waals surface area contributed by atoms with Gasteiger partial charge in [0.1, 0.15) is 29.9 Å². The number of thioether (sulfide) groups is 1. The molecule has 15 heteroatoms. The second-order valence-electron chi connectivity index (χ2n) is 9.02. The molecule has 13 nitrogen and oxygen atoms in total. The number of amides is 2. The van der Waals surface area contributed by atoms with Crippen molar-refractivity contribution < 1.29 is 38.2 Å². The van der Waals surface area contributed by atoms with Crippen molar-refractivity contribution in [2.45, 2.75) is 32.2 Å². The summed E-state index contributed by atoms with van der Waals surface area (Å²) in [6, 6.07) is -0.948. The number of hydrogen-bond acceptors (Lipinski definition) is 13. The summed E-state index contributed by atoms with van der Waals surface area (Å²) in [6.07, 6.45) is 3.36. The van der Waals surface area contributed by atoms with Crippen LogP contribution in [0.3, 0.4) is 0 Å². The third-order valence-corrected chi connectivity index (χ3v) is 7.19. The molecule has 0 radical (unpaired) electrons. The minimum Gasteiger partial charge on any atom is -0.427 e. The summed E-state index contributed by atoms with van der Waals surface area (Å²) < 4.78 is 15.2. The largest absolute Gasteiger partial charge is 0.427 e. The zero-order valence-corrected chi connectivity index (χ0v) is 23.1. The molecule has 3 rings (SSSR count). The number of allylic oxidation sites excluding steroid dienone is 1. The summed E-state index contributed by atoms with van der Waals surface area (Å²) in [4.78, 5) is 61.2. The third-order valence-electron chi connectivity index (χ3n) is 5.21. The number of fused-ring (bicyclic) bond motifs is 1. The van der Waals surface area contributed by atoms with Gasteiger partial charge in [0.2, 0.25) is 6.79 Å². The number of ether oxygens (including phenoxy) is 3. The molecular formula is C23H29N5O8S2. The topological polar surface area (TPSA) is 172 Å². The number of anilines is 1. The molecule has 1 aromatic rings. The molecule has 206 valence electrons. The molecule has 3 heterocycles. The van der Waals surface area contributed by atoms with E-state index in [-0.39, 0.29) is 22.2 Å². The Balaban J connectivity index is 1.77. The van der Waals surface area contributed by atoms with Gasteiger partial charge in [-0.1, -0.05) is 17.3 Å². The van der Waals surface area contributed by atoms with Gasteiger partial charge in [-0.05, 0) is 26.3 Å². The number of nitrogens with two attached hydrogens (primary N) is 1. The maximum atomic E-state index is 13.2. The van der Waals surface area contributed by atoms with Crippen LogP contribution in [-0.2, 0) is 38.2 Å². The lowest BCUT2D eigenvalue weighted by Gasteiger charge is -2.49. The van der Waals surface area contributed by atoms with Gasteiger partial charge >= 0.3 is 11.9 Å². The van der Waals surface area contributed by atoms with Crippen LogP contribution in [0.2, 0.25) is 0 Å². The summed E-state index contributed by atoms with van der Waals surface area (Å²) >= 11 is 2.48. The van der Waals surface area contributed by atoms with E-state index in [1.807, 2.05) is 0 Å². The second-order valence-corrected chi connectivity index (χ2v) is 11.0. The van der Waals surface area contributed by atoms with E-state index in [0.717, 1.165) is 11.3 Å². The number of carbonyl (C=O) groups is 4. The van der Waals surface area contributed by atoms with Gasteiger partial charge in [0.25, 0.3) is 11.8 Å². The average Bonchev–Trinajstić information content (AvgIpc) is 3.30. The van der Waals surface area contributed by atoms with E-state index in [4.69, 9.17) is 24.8 Å². The number of rotatable bonds is 10. The monoisotopic (exact) mass is 567 g/mol.